The van der Waals surface area contributed by atoms with Gasteiger partial charge in [0.25, 0.3) is 0 Å². The fourth-order valence-electron chi connectivity index (χ4n) is 1.26. The third kappa shape index (κ3) is 4.61. The second-order valence-electron chi connectivity index (χ2n) is 2.89. The second kappa shape index (κ2) is 4.28. The molecule has 0 aromatic carbocycles. The Morgan fingerprint density at radius 1 is 1.55 bits per heavy atom. The van der Waals surface area contributed by atoms with Gasteiger partial charge in [-0.2, -0.15) is 0 Å². The van der Waals surface area contributed by atoms with Crippen LogP contribution in [0.1, 0.15) is 12.8 Å². The predicted molar refractivity (Wildman–Crippen MR) is 48.0 cm³/mol. The number of hydrogen-bond donors (Lipinski definition) is 1. The van der Waals surface area contributed by atoms with Crippen molar-refractivity contribution in [3.05, 3.63) is 0 Å². The van der Waals surface area contributed by atoms with E-state index in [1.165, 1.54) is 6.26 Å². The molecule has 11 heavy (non-hydrogen) atoms. The lowest BCUT2D eigenvalue weighted by molar-refractivity contribution is 0.582. The lowest BCUT2D eigenvalue weighted by Crippen LogP contribution is -2.29. The highest BCUT2D eigenvalue weighted by Crippen LogP contribution is 2.06. The van der Waals surface area contributed by atoms with Gasteiger partial charge in [0.2, 0.25) is 0 Å². The third-order valence-corrected chi connectivity index (χ3v) is 2.67. The first kappa shape index (κ1) is 11.2. The molecule has 3 nitrogen and oxygen atoms in total. The SMILES string of the molecule is CS(=O)(=O)C[C@@H]1CCCN1.Cl. The molecule has 0 saturated carbocycles. The topological polar surface area (TPSA) is 46.2 Å². The van der Waals surface area contributed by atoms with Gasteiger partial charge in [0, 0.05) is 12.3 Å². The van der Waals surface area contributed by atoms with Gasteiger partial charge < -0.3 is 5.32 Å². The molecule has 0 aromatic rings. The summed E-state index contributed by atoms with van der Waals surface area (Å²) in [6, 6.07) is 0.218. The van der Waals surface area contributed by atoms with Crippen LogP contribution in [0.15, 0.2) is 0 Å². The maximum absolute atomic E-state index is 10.7. The molecular formula is C6H14ClNO2S. The van der Waals surface area contributed by atoms with Gasteiger partial charge in [0.05, 0.1) is 5.75 Å². The minimum atomic E-state index is -2.77. The van der Waals surface area contributed by atoms with Crippen LogP contribution in [0.3, 0.4) is 0 Å². The van der Waals surface area contributed by atoms with E-state index < -0.39 is 9.84 Å². The summed E-state index contributed by atoms with van der Waals surface area (Å²) >= 11 is 0. The van der Waals surface area contributed by atoms with Crippen LogP contribution < -0.4 is 5.32 Å². The monoisotopic (exact) mass is 199 g/mol. The van der Waals surface area contributed by atoms with Crippen LogP contribution in [0.2, 0.25) is 0 Å². The summed E-state index contributed by atoms with van der Waals surface area (Å²) in [7, 11) is -2.77. The van der Waals surface area contributed by atoms with Crippen LogP contribution in [0.25, 0.3) is 0 Å². The molecule has 1 atom stereocenters. The maximum atomic E-state index is 10.7. The van der Waals surface area contributed by atoms with Crippen molar-refractivity contribution in [2.75, 3.05) is 18.6 Å². The summed E-state index contributed by atoms with van der Waals surface area (Å²) in [5.74, 6) is 0.299. The Morgan fingerprint density at radius 2 is 2.18 bits per heavy atom. The van der Waals surface area contributed by atoms with Gasteiger partial charge >= 0.3 is 0 Å². The molecule has 0 aromatic heterocycles. The summed E-state index contributed by atoms with van der Waals surface area (Å²) in [5.41, 5.74) is 0. The normalized spacial score (nSPS) is 24.6. The van der Waals surface area contributed by atoms with Crippen molar-refractivity contribution >= 4 is 22.2 Å². The van der Waals surface area contributed by atoms with E-state index in [1.54, 1.807) is 0 Å². The molecule has 1 aliphatic rings. The summed E-state index contributed by atoms with van der Waals surface area (Å²) in [4.78, 5) is 0. The molecular weight excluding hydrogens is 186 g/mol. The van der Waals surface area contributed by atoms with E-state index in [0.29, 0.717) is 5.75 Å². The van der Waals surface area contributed by atoms with Crippen molar-refractivity contribution in [1.82, 2.24) is 5.32 Å². The molecule has 68 valence electrons. The quantitative estimate of drug-likeness (QED) is 0.692. The Bertz CT molecular complexity index is 197. The van der Waals surface area contributed by atoms with Gasteiger partial charge in [-0.1, -0.05) is 0 Å². The van der Waals surface area contributed by atoms with E-state index in [-0.39, 0.29) is 18.4 Å². The minimum absolute atomic E-state index is 0. The van der Waals surface area contributed by atoms with E-state index in [1.807, 2.05) is 0 Å². The maximum Gasteiger partial charge on any atom is 0.148 e. The Labute approximate surface area is 73.9 Å². The van der Waals surface area contributed by atoms with Crippen molar-refractivity contribution < 1.29 is 8.42 Å². The zero-order chi connectivity index (χ0) is 7.61. The van der Waals surface area contributed by atoms with E-state index in [9.17, 15) is 8.42 Å². The van der Waals surface area contributed by atoms with E-state index in [0.717, 1.165) is 19.4 Å². The zero-order valence-electron chi connectivity index (χ0n) is 6.54. The van der Waals surface area contributed by atoms with Crippen molar-refractivity contribution in [2.24, 2.45) is 0 Å². The molecule has 1 aliphatic heterocycles. The van der Waals surface area contributed by atoms with Crippen LogP contribution >= 0.6 is 12.4 Å². The molecule has 0 bridgehead atoms. The fraction of sp³-hybridized carbons (Fsp3) is 1.00. The third-order valence-electron chi connectivity index (χ3n) is 1.67. The van der Waals surface area contributed by atoms with Gasteiger partial charge in [-0.25, -0.2) is 8.42 Å². The number of nitrogens with one attached hydrogen (secondary N) is 1. The lowest BCUT2D eigenvalue weighted by atomic mass is 10.3. The highest BCUT2D eigenvalue weighted by Gasteiger charge is 2.18. The van der Waals surface area contributed by atoms with Crippen LogP contribution in [-0.4, -0.2) is 33.0 Å². The van der Waals surface area contributed by atoms with Crippen LogP contribution in [-0.2, 0) is 9.84 Å². The zero-order valence-corrected chi connectivity index (χ0v) is 8.17. The standard InChI is InChI=1S/C6H13NO2S.ClH/c1-10(8,9)5-6-3-2-4-7-6;/h6-7H,2-5H2,1H3;1H/t6-;/m0./s1. The predicted octanol–water partition coefficient (Wildman–Crippen LogP) is 0.205. The summed E-state index contributed by atoms with van der Waals surface area (Å²) in [6.07, 6.45) is 3.40. The van der Waals surface area contributed by atoms with Crippen molar-refractivity contribution in [3.8, 4) is 0 Å². The van der Waals surface area contributed by atoms with Crippen LogP contribution in [0.5, 0.6) is 0 Å². The first-order chi connectivity index (χ1) is 4.58. The molecule has 1 saturated heterocycles. The van der Waals surface area contributed by atoms with Crippen LogP contribution in [0.4, 0.5) is 0 Å². The number of hydrogen-bond acceptors (Lipinski definition) is 3. The van der Waals surface area contributed by atoms with Gasteiger partial charge in [0.15, 0.2) is 0 Å². The van der Waals surface area contributed by atoms with Crippen LogP contribution in [0, 0.1) is 0 Å². The summed E-state index contributed by atoms with van der Waals surface area (Å²) in [6.45, 7) is 0.972. The van der Waals surface area contributed by atoms with Gasteiger partial charge in [-0.05, 0) is 19.4 Å². The Morgan fingerprint density at radius 3 is 2.55 bits per heavy atom. The van der Waals surface area contributed by atoms with E-state index >= 15 is 0 Å². The Balaban J connectivity index is 0.000001000. The molecule has 0 radical (unpaired) electrons. The molecule has 1 rings (SSSR count). The smallest absolute Gasteiger partial charge is 0.148 e. The fourth-order valence-corrected chi connectivity index (χ4v) is 2.28. The van der Waals surface area contributed by atoms with Gasteiger partial charge in [-0.15, -0.1) is 12.4 Å². The average Bonchev–Trinajstić information content (AvgIpc) is 2.12. The molecule has 1 fully saturated rings. The largest absolute Gasteiger partial charge is 0.313 e. The summed E-state index contributed by atoms with van der Waals surface area (Å²) in [5, 5.41) is 3.13. The molecule has 0 aliphatic carbocycles. The number of rotatable bonds is 2. The Kier molecular flexibility index (Phi) is 4.36. The lowest BCUT2D eigenvalue weighted by Gasteiger charge is -2.06. The van der Waals surface area contributed by atoms with E-state index in [2.05, 4.69) is 5.32 Å². The Hall–Kier alpha value is 0.200. The van der Waals surface area contributed by atoms with Crippen molar-refractivity contribution in [3.63, 3.8) is 0 Å². The van der Waals surface area contributed by atoms with Gasteiger partial charge in [0.1, 0.15) is 9.84 Å². The molecule has 0 spiro atoms. The van der Waals surface area contributed by atoms with Crippen molar-refractivity contribution in [1.29, 1.82) is 0 Å². The number of halogens is 1. The molecule has 1 N–H and O–H groups in total. The average molecular weight is 200 g/mol. The molecule has 1 heterocycles. The molecule has 5 heteroatoms. The number of sulfone groups is 1. The molecule has 0 unspecified atom stereocenters. The molecule has 0 amide bonds. The van der Waals surface area contributed by atoms with Crippen molar-refractivity contribution in [2.45, 2.75) is 18.9 Å². The first-order valence-electron chi connectivity index (χ1n) is 3.49. The summed E-state index contributed by atoms with van der Waals surface area (Å²) < 4.78 is 21.5. The first-order valence-corrected chi connectivity index (χ1v) is 5.55. The minimum Gasteiger partial charge on any atom is -0.313 e. The van der Waals surface area contributed by atoms with E-state index in [4.69, 9.17) is 0 Å². The second-order valence-corrected chi connectivity index (χ2v) is 5.07. The highest BCUT2D eigenvalue weighted by atomic mass is 35.5. The van der Waals surface area contributed by atoms with Gasteiger partial charge in [-0.3, -0.25) is 0 Å². The highest BCUT2D eigenvalue weighted by molar-refractivity contribution is 7.90.